The predicted octanol–water partition coefficient (Wildman–Crippen LogP) is 6.79. The molecule has 3 N–H and O–H groups in total. The maximum absolute atomic E-state index is 11.6. The Kier molecular flexibility index (Phi) is 16.1. The van der Waals surface area contributed by atoms with Crippen LogP contribution in [0.1, 0.15) is 22.3 Å². The summed E-state index contributed by atoms with van der Waals surface area (Å²) in [5, 5.41) is 2.74. The number of benzene rings is 4. The van der Waals surface area contributed by atoms with Gasteiger partial charge in [0, 0.05) is 12.4 Å². The van der Waals surface area contributed by atoms with Gasteiger partial charge in [0.2, 0.25) is 0 Å². The van der Waals surface area contributed by atoms with Gasteiger partial charge in [-0.3, -0.25) is 0 Å². The van der Waals surface area contributed by atoms with Gasteiger partial charge in [-0.15, -0.1) is 11.6 Å². The van der Waals surface area contributed by atoms with Crippen molar-refractivity contribution in [2.24, 2.45) is 5.73 Å². The molecule has 7 heteroatoms. The number of hydrogen-bond donors (Lipinski definition) is 2. The molecule has 4 aromatic carbocycles. The number of alkyl carbamates (subject to hydrolysis) is 1. The Balaban J connectivity index is 0.000000244. The molecule has 0 fully saturated rings. The van der Waals surface area contributed by atoms with E-state index in [0.29, 0.717) is 19.0 Å². The fourth-order valence-electron chi connectivity index (χ4n) is 3.40. The molecule has 0 aromatic heterocycles. The Morgan fingerprint density at radius 1 is 0.675 bits per heavy atom. The predicted molar refractivity (Wildman–Crippen MR) is 163 cm³/mol. The van der Waals surface area contributed by atoms with E-state index < -0.39 is 6.09 Å². The number of nitrogens with two attached hydrogens (primary N) is 1. The van der Waals surface area contributed by atoms with E-state index in [4.69, 9.17) is 31.5 Å². The van der Waals surface area contributed by atoms with Crippen LogP contribution < -0.4 is 20.5 Å². The second-order valence-electron chi connectivity index (χ2n) is 8.59. The van der Waals surface area contributed by atoms with E-state index in [2.05, 4.69) is 5.32 Å². The van der Waals surface area contributed by atoms with E-state index in [0.717, 1.165) is 35.5 Å². The van der Waals surface area contributed by atoms with Crippen LogP contribution in [0.25, 0.3) is 0 Å². The van der Waals surface area contributed by atoms with Gasteiger partial charge in [-0.25, -0.2) is 4.79 Å². The molecule has 0 atom stereocenters. The molecule has 0 aliphatic rings. The number of alkyl halides is 1. The molecule has 0 saturated heterocycles. The average Bonchev–Trinajstić information content (AvgIpc) is 3.02. The molecular formula is C33H39ClN2O4. The second kappa shape index (κ2) is 20.0. The minimum absolute atomic E-state index is 0.287. The molecule has 212 valence electrons. The molecule has 6 nitrogen and oxygen atoms in total. The van der Waals surface area contributed by atoms with Crippen molar-refractivity contribution < 1.29 is 19.0 Å². The zero-order valence-electron chi connectivity index (χ0n) is 23.2. The third kappa shape index (κ3) is 13.7. The van der Waals surface area contributed by atoms with Gasteiger partial charge in [0.15, 0.2) is 0 Å². The van der Waals surface area contributed by atoms with E-state index in [1.165, 1.54) is 11.1 Å². The summed E-state index contributed by atoms with van der Waals surface area (Å²) in [5.74, 6) is 2.33. The molecule has 0 saturated carbocycles. The zero-order chi connectivity index (χ0) is 28.8. The lowest BCUT2D eigenvalue weighted by atomic mass is 10.1. The zero-order valence-corrected chi connectivity index (χ0v) is 24.0. The van der Waals surface area contributed by atoms with E-state index in [1.54, 1.807) is 14.2 Å². The van der Waals surface area contributed by atoms with Crippen LogP contribution in [0.3, 0.4) is 0 Å². The normalized spacial score (nSPS) is 9.70. The molecule has 0 unspecified atom stereocenters. The van der Waals surface area contributed by atoms with Crippen molar-refractivity contribution in [1.82, 2.24) is 5.32 Å². The van der Waals surface area contributed by atoms with Gasteiger partial charge in [-0.05, 0) is 65.9 Å². The number of methoxy groups -OCH3 is 2. The number of carbonyl (C=O) groups excluding carboxylic acids is 1. The highest BCUT2D eigenvalue weighted by Gasteiger charge is 2.02. The highest BCUT2D eigenvalue weighted by atomic mass is 35.5. The standard InChI is InChI=1S/C17H19NO3.C9H13NO.C7H7Cl/c1-20-16-9-7-14(8-10-16)11-12-18-17(19)21-13-15-5-3-2-4-6-15;1-11-9-4-2-8(3-5-9)6-7-10;8-6-7-4-2-1-3-5-7/h2-10H,11-13H2,1H3,(H,18,19);2-5H,6-7,10H2,1H3;1-5H,6H2. The number of amides is 1. The van der Waals surface area contributed by atoms with Crippen LogP contribution in [-0.2, 0) is 30.1 Å². The third-order valence-electron chi connectivity index (χ3n) is 5.64. The summed E-state index contributed by atoms with van der Waals surface area (Å²) in [5.41, 5.74) is 9.95. The Bertz CT molecular complexity index is 1190. The first kappa shape index (κ1) is 32.2. The summed E-state index contributed by atoms with van der Waals surface area (Å²) in [4.78, 5) is 11.6. The van der Waals surface area contributed by atoms with Crippen molar-refractivity contribution >= 4 is 17.7 Å². The van der Waals surface area contributed by atoms with Crippen LogP contribution in [0.2, 0.25) is 0 Å². The highest BCUT2D eigenvalue weighted by molar-refractivity contribution is 6.17. The van der Waals surface area contributed by atoms with Gasteiger partial charge in [0.05, 0.1) is 14.2 Å². The van der Waals surface area contributed by atoms with Crippen molar-refractivity contribution in [1.29, 1.82) is 0 Å². The Hall–Kier alpha value is -4.00. The number of rotatable bonds is 10. The molecule has 0 aliphatic carbocycles. The number of ether oxygens (including phenoxy) is 3. The molecule has 0 bridgehead atoms. The lowest BCUT2D eigenvalue weighted by Crippen LogP contribution is -2.26. The average molecular weight is 563 g/mol. The molecule has 4 rings (SSSR count). The fourth-order valence-corrected chi connectivity index (χ4v) is 3.58. The fraction of sp³-hybridized carbons (Fsp3) is 0.242. The molecule has 0 heterocycles. The van der Waals surface area contributed by atoms with Crippen molar-refractivity contribution in [2.75, 3.05) is 27.3 Å². The third-order valence-corrected chi connectivity index (χ3v) is 5.95. The molecule has 0 spiro atoms. The first-order valence-electron chi connectivity index (χ1n) is 13.1. The lowest BCUT2D eigenvalue weighted by Gasteiger charge is -2.07. The van der Waals surface area contributed by atoms with Crippen molar-refractivity contribution in [3.63, 3.8) is 0 Å². The first-order valence-corrected chi connectivity index (χ1v) is 13.6. The van der Waals surface area contributed by atoms with E-state index in [1.807, 2.05) is 109 Å². The quantitative estimate of drug-likeness (QED) is 0.208. The first-order chi connectivity index (χ1) is 19.6. The lowest BCUT2D eigenvalue weighted by molar-refractivity contribution is 0.140. The molecule has 40 heavy (non-hydrogen) atoms. The van der Waals surface area contributed by atoms with Crippen LogP contribution in [0, 0.1) is 0 Å². The summed E-state index contributed by atoms with van der Waals surface area (Å²) in [6, 6.07) is 35.3. The monoisotopic (exact) mass is 562 g/mol. The van der Waals surface area contributed by atoms with Gasteiger partial charge in [0.25, 0.3) is 0 Å². The summed E-state index contributed by atoms with van der Waals surface area (Å²) in [6.45, 7) is 1.53. The summed E-state index contributed by atoms with van der Waals surface area (Å²) in [7, 11) is 3.30. The number of hydrogen-bond acceptors (Lipinski definition) is 5. The molecule has 0 aliphatic heterocycles. The minimum Gasteiger partial charge on any atom is -0.497 e. The number of halogens is 1. The largest absolute Gasteiger partial charge is 0.497 e. The van der Waals surface area contributed by atoms with Crippen LogP contribution in [-0.4, -0.2) is 33.4 Å². The van der Waals surface area contributed by atoms with E-state index in [9.17, 15) is 4.79 Å². The van der Waals surface area contributed by atoms with Crippen LogP contribution >= 0.6 is 11.6 Å². The minimum atomic E-state index is -0.396. The van der Waals surface area contributed by atoms with Gasteiger partial charge >= 0.3 is 6.09 Å². The summed E-state index contributed by atoms with van der Waals surface area (Å²) in [6.07, 6.45) is 1.29. The van der Waals surface area contributed by atoms with E-state index >= 15 is 0 Å². The van der Waals surface area contributed by atoms with E-state index in [-0.39, 0.29) is 6.61 Å². The Labute approximate surface area is 243 Å². The van der Waals surface area contributed by atoms with Crippen LogP contribution in [0.15, 0.2) is 109 Å². The molecule has 4 aromatic rings. The molecule has 0 radical (unpaired) electrons. The number of nitrogens with one attached hydrogen (secondary N) is 1. The second-order valence-corrected chi connectivity index (χ2v) is 8.86. The number of carbonyl (C=O) groups is 1. The van der Waals surface area contributed by atoms with Crippen molar-refractivity contribution in [2.45, 2.75) is 25.3 Å². The van der Waals surface area contributed by atoms with Gasteiger partial charge in [0.1, 0.15) is 18.1 Å². The summed E-state index contributed by atoms with van der Waals surface area (Å²) >= 11 is 5.53. The van der Waals surface area contributed by atoms with Crippen molar-refractivity contribution in [3.8, 4) is 11.5 Å². The highest BCUT2D eigenvalue weighted by Crippen LogP contribution is 2.12. The smallest absolute Gasteiger partial charge is 0.407 e. The maximum atomic E-state index is 11.6. The Morgan fingerprint density at radius 2 is 1.15 bits per heavy atom. The van der Waals surface area contributed by atoms with Crippen molar-refractivity contribution in [3.05, 3.63) is 131 Å². The topological polar surface area (TPSA) is 82.8 Å². The SMILES string of the molecule is COc1ccc(CCN)cc1.COc1ccc(CCNC(=O)OCc2ccccc2)cc1.ClCc1ccccc1. The maximum Gasteiger partial charge on any atom is 0.407 e. The molecular weight excluding hydrogens is 524 g/mol. The summed E-state index contributed by atoms with van der Waals surface area (Å²) < 4.78 is 15.2. The van der Waals surface area contributed by atoms with Gasteiger partial charge < -0.3 is 25.3 Å². The Morgan fingerprint density at radius 3 is 1.57 bits per heavy atom. The van der Waals surface area contributed by atoms with Crippen LogP contribution in [0.5, 0.6) is 11.5 Å². The van der Waals surface area contributed by atoms with Gasteiger partial charge in [-0.1, -0.05) is 84.9 Å². The van der Waals surface area contributed by atoms with Gasteiger partial charge in [-0.2, -0.15) is 0 Å². The van der Waals surface area contributed by atoms with Crippen LogP contribution in [0.4, 0.5) is 4.79 Å². The molecule has 1 amide bonds.